The van der Waals surface area contributed by atoms with Crippen molar-refractivity contribution in [2.75, 3.05) is 18.0 Å². The average molecular weight is 444 g/mol. The van der Waals surface area contributed by atoms with E-state index >= 15 is 0 Å². The number of aliphatic imine (C=N–C) groups is 1. The number of anilines is 1. The lowest BCUT2D eigenvalue weighted by Crippen LogP contribution is -2.30. The number of carbonyl (C=O) groups is 1. The molecule has 0 N–H and O–H groups in total. The van der Waals surface area contributed by atoms with Crippen LogP contribution in [-0.4, -0.2) is 29.1 Å². The lowest BCUT2D eigenvalue weighted by atomic mass is 10.3. The second-order valence-corrected chi connectivity index (χ2v) is 9.18. The fraction of sp³-hybridized carbons (Fsp3) is 0.273. The van der Waals surface area contributed by atoms with Gasteiger partial charge in [-0.1, -0.05) is 54.9 Å². The first-order valence-electron chi connectivity index (χ1n) is 9.75. The third-order valence-electron chi connectivity index (χ3n) is 4.75. The van der Waals surface area contributed by atoms with Gasteiger partial charge >= 0.3 is 0 Å². The van der Waals surface area contributed by atoms with Crippen LogP contribution in [-0.2, 0) is 4.79 Å². The Hall–Kier alpha value is -1.89. The van der Waals surface area contributed by atoms with E-state index in [-0.39, 0.29) is 5.91 Å². The normalized spacial score (nSPS) is 20.1. The summed E-state index contributed by atoms with van der Waals surface area (Å²) in [5.41, 5.74) is 1.92. The van der Waals surface area contributed by atoms with Gasteiger partial charge in [0.25, 0.3) is 5.91 Å². The molecule has 2 aromatic carbocycles. The van der Waals surface area contributed by atoms with Crippen molar-refractivity contribution < 1.29 is 4.79 Å². The number of unbranched alkanes of at least 4 members (excludes halogenated alkanes) is 1. The third-order valence-corrected chi connectivity index (χ3v) is 7.36. The molecule has 0 radical (unpaired) electrons. The number of carbonyl (C=O) groups excluding carboxylic acids is 1. The number of amides is 1. The highest BCUT2D eigenvalue weighted by molar-refractivity contribution is 8.19. The molecule has 0 aromatic heterocycles. The molecule has 0 atom stereocenters. The molecule has 150 valence electrons. The molecule has 0 aliphatic carbocycles. The van der Waals surface area contributed by atoms with Crippen molar-refractivity contribution in [3.63, 3.8) is 0 Å². The number of benzene rings is 2. The Balaban J connectivity index is 1.74. The summed E-state index contributed by atoms with van der Waals surface area (Å²) in [7, 11) is 0. The molecule has 1 fully saturated rings. The largest absolute Gasteiger partial charge is 0.334 e. The highest BCUT2D eigenvalue weighted by Crippen LogP contribution is 2.50. The van der Waals surface area contributed by atoms with Crippen LogP contribution in [0.3, 0.4) is 0 Å². The van der Waals surface area contributed by atoms with Gasteiger partial charge in [0.2, 0.25) is 0 Å². The zero-order valence-corrected chi connectivity index (χ0v) is 18.8. The minimum absolute atomic E-state index is 0.0398. The molecule has 4 rings (SSSR count). The maximum absolute atomic E-state index is 13.4. The molecule has 0 saturated carbocycles. The number of halogens is 1. The van der Waals surface area contributed by atoms with Crippen LogP contribution in [0.25, 0.3) is 0 Å². The van der Waals surface area contributed by atoms with E-state index in [2.05, 4.69) is 30.9 Å². The highest BCUT2D eigenvalue weighted by atomic mass is 35.5. The van der Waals surface area contributed by atoms with E-state index in [1.165, 1.54) is 16.7 Å². The van der Waals surface area contributed by atoms with E-state index in [0.717, 1.165) is 45.9 Å². The zero-order valence-electron chi connectivity index (χ0n) is 16.4. The molecule has 0 unspecified atom stereocenters. The molecule has 1 amide bonds. The first kappa shape index (κ1) is 20.4. The van der Waals surface area contributed by atoms with E-state index in [9.17, 15) is 4.79 Å². The molecule has 2 aliphatic rings. The standard InChI is InChI=1S/C22H22ClN3OS2/c1-3-5-13-26-20(27)19(29-22(26)24-16-10-8-9-15(23)14-16)21-25(4-2)17-11-6-7-12-18(17)28-21/h6-12,14H,3-5,13H2,1-2H3. The van der Waals surface area contributed by atoms with Gasteiger partial charge < -0.3 is 4.90 Å². The molecule has 29 heavy (non-hydrogen) atoms. The van der Waals surface area contributed by atoms with E-state index in [1.54, 1.807) is 11.8 Å². The van der Waals surface area contributed by atoms with Crippen LogP contribution in [0.15, 0.2) is 68.4 Å². The van der Waals surface area contributed by atoms with Crippen molar-refractivity contribution in [1.82, 2.24) is 4.90 Å². The Kier molecular flexibility index (Phi) is 6.23. The fourth-order valence-electron chi connectivity index (χ4n) is 3.31. The van der Waals surface area contributed by atoms with Gasteiger partial charge in [-0.05, 0) is 55.4 Å². The second-order valence-electron chi connectivity index (χ2n) is 6.73. The maximum atomic E-state index is 13.4. The highest BCUT2D eigenvalue weighted by Gasteiger charge is 2.39. The van der Waals surface area contributed by atoms with E-state index in [4.69, 9.17) is 16.6 Å². The average Bonchev–Trinajstić information content (AvgIpc) is 3.23. The topological polar surface area (TPSA) is 35.9 Å². The quantitative estimate of drug-likeness (QED) is 0.494. The number of para-hydroxylation sites is 1. The molecule has 2 aliphatic heterocycles. The summed E-state index contributed by atoms with van der Waals surface area (Å²) in [4.78, 5) is 24.1. The molecule has 1 saturated heterocycles. The molecule has 0 spiro atoms. The monoisotopic (exact) mass is 443 g/mol. The molecular weight excluding hydrogens is 422 g/mol. The Morgan fingerprint density at radius 2 is 1.86 bits per heavy atom. The van der Waals surface area contributed by atoms with Gasteiger partial charge in [0, 0.05) is 23.0 Å². The van der Waals surface area contributed by atoms with Crippen LogP contribution in [0.1, 0.15) is 26.7 Å². The SMILES string of the molecule is CCCCN1C(=O)C(=C2Sc3ccccc3N2CC)SC1=Nc1cccc(Cl)c1. The number of thioether (sulfide) groups is 2. The molecule has 2 heterocycles. The molecule has 0 bridgehead atoms. The number of fused-ring (bicyclic) bond motifs is 1. The lowest BCUT2D eigenvalue weighted by molar-refractivity contribution is -0.122. The smallest absolute Gasteiger partial charge is 0.269 e. The predicted octanol–water partition coefficient (Wildman–Crippen LogP) is 6.50. The summed E-state index contributed by atoms with van der Waals surface area (Å²) < 4.78 is 0. The van der Waals surface area contributed by atoms with Crippen molar-refractivity contribution in [2.45, 2.75) is 31.6 Å². The Morgan fingerprint density at radius 1 is 1.03 bits per heavy atom. The third kappa shape index (κ3) is 4.06. The number of hydrogen-bond donors (Lipinski definition) is 0. The predicted molar refractivity (Wildman–Crippen MR) is 125 cm³/mol. The van der Waals surface area contributed by atoms with Gasteiger partial charge in [-0.15, -0.1) is 0 Å². The Bertz CT molecular complexity index is 1010. The Labute approximate surface area is 185 Å². The minimum atomic E-state index is 0.0398. The first-order chi connectivity index (χ1) is 14.1. The fourth-order valence-corrected chi connectivity index (χ4v) is 5.91. The number of amidine groups is 1. The summed E-state index contributed by atoms with van der Waals surface area (Å²) >= 11 is 9.26. The number of hydrogen-bond acceptors (Lipinski definition) is 5. The van der Waals surface area contributed by atoms with Gasteiger partial charge in [0.05, 0.1) is 11.4 Å². The second kappa shape index (κ2) is 8.86. The van der Waals surface area contributed by atoms with Crippen LogP contribution in [0.2, 0.25) is 5.02 Å². The molecular formula is C22H22ClN3OS2. The van der Waals surface area contributed by atoms with Gasteiger partial charge in [-0.2, -0.15) is 0 Å². The van der Waals surface area contributed by atoms with Crippen LogP contribution in [0.4, 0.5) is 11.4 Å². The van der Waals surface area contributed by atoms with E-state index in [1.807, 2.05) is 41.3 Å². The van der Waals surface area contributed by atoms with Crippen molar-refractivity contribution in [3.8, 4) is 0 Å². The first-order valence-corrected chi connectivity index (χ1v) is 11.8. The van der Waals surface area contributed by atoms with Gasteiger partial charge in [-0.25, -0.2) is 4.99 Å². The zero-order chi connectivity index (χ0) is 20.4. The van der Waals surface area contributed by atoms with E-state index < -0.39 is 0 Å². The van der Waals surface area contributed by atoms with Crippen molar-refractivity contribution >= 4 is 57.6 Å². The van der Waals surface area contributed by atoms with Crippen molar-refractivity contribution in [1.29, 1.82) is 0 Å². The number of nitrogens with zero attached hydrogens (tertiary/aromatic N) is 3. The summed E-state index contributed by atoms with van der Waals surface area (Å²) in [5, 5.41) is 2.36. The van der Waals surface area contributed by atoms with Gasteiger partial charge in [-0.3, -0.25) is 9.69 Å². The van der Waals surface area contributed by atoms with Crippen molar-refractivity contribution in [3.05, 3.63) is 63.5 Å². The minimum Gasteiger partial charge on any atom is -0.334 e. The summed E-state index contributed by atoms with van der Waals surface area (Å²) in [5.74, 6) is 0.0398. The van der Waals surface area contributed by atoms with Gasteiger partial charge in [0.1, 0.15) is 9.93 Å². The van der Waals surface area contributed by atoms with Gasteiger partial charge in [0.15, 0.2) is 5.17 Å². The Morgan fingerprint density at radius 3 is 2.62 bits per heavy atom. The lowest BCUT2D eigenvalue weighted by Gasteiger charge is -2.19. The van der Waals surface area contributed by atoms with Crippen LogP contribution >= 0.6 is 35.1 Å². The molecule has 4 nitrogen and oxygen atoms in total. The summed E-state index contributed by atoms with van der Waals surface area (Å²) in [6.45, 7) is 5.72. The van der Waals surface area contributed by atoms with Crippen molar-refractivity contribution in [2.24, 2.45) is 4.99 Å². The molecule has 7 heteroatoms. The van der Waals surface area contributed by atoms with Crippen LogP contribution in [0, 0.1) is 0 Å². The van der Waals surface area contributed by atoms with Crippen LogP contribution < -0.4 is 4.90 Å². The van der Waals surface area contributed by atoms with Crippen LogP contribution in [0.5, 0.6) is 0 Å². The number of rotatable bonds is 5. The summed E-state index contributed by atoms with van der Waals surface area (Å²) in [6, 6.07) is 15.7. The summed E-state index contributed by atoms with van der Waals surface area (Å²) in [6.07, 6.45) is 1.96. The van der Waals surface area contributed by atoms with E-state index in [0.29, 0.717) is 11.6 Å². The molecule has 2 aromatic rings. The maximum Gasteiger partial charge on any atom is 0.269 e.